The Labute approximate surface area is 237 Å². The molecule has 212 valence electrons. The number of nitrogens with zero attached hydrogens (tertiary/aromatic N) is 1. The zero-order chi connectivity index (χ0) is 28.5. The molecule has 4 rings (SSSR count). The minimum Gasteiger partial charge on any atom is -0.489 e. The van der Waals surface area contributed by atoms with Gasteiger partial charge in [-0.05, 0) is 84.0 Å². The second-order valence-electron chi connectivity index (χ2n) is 11.0. The molecule has 0 spiro atoms. The average molecular weight is 546 g/mol. The zero-order valence-electron chi connectivity index (χ0n) is 23.8. The van der Waals surface area contributed by atoms with Crippen LogP contribution in [0.15, 0.2) is 73.3 Å². The van der Waals surface area contributed by atoms with Gasteiger partial charge in [0.05, 0.1) is 6.54 Å². The van der Waals surface area contributed by atoms with Gasteiger partial charge in [-0.25, -0.2) is 8.78 Å². The molecule has 0 bridgehead atoms. The molecule has 1 aliphatic rings. The molecule has 0 saturated heterocycles. The third-order valence-electron chi connectivity index (χ3n) is 8.23. The van der Waals surface area contributed by atoms with Gasteiger partial charge >= 0.3 is 0 Å². The van der Waals surface area contributed by atoms with Crippen LogP contribution in [0.3, 0.4) is 0 Å². The smallest absolute Gasteiger partial charge is 0.245 e. The highest BCUT2D eigenvalue weighted by molar-refractivity contribution is 5.86. The summed E-state index contributed by atoms with van der Waals surface area (Å²) in [6.07, 6.45) is 11.8. The predicted octanol–water partition coefficient (Wildman–Crippen LogP) is 9.18. The topological polar surface area (TPSA) is 29.5 Å². The number of hydrogen-bond donors (Lipinski definition) is 0. The number of benzene rings is 3. The summed E-state index contributed by atoms with van der Waals surface area (Å²) < 4.78 is 35.4. The maximum Gasteiger partial charge on any atom is 0.245 e. The average Bonchev–Trinajstić information content (AvgIpc) is 2.98. The molecule has 3 aromatic carbocycles. The third kappa shape index (κ3) is 7.59. The minimum atomic E-state index is -0.579. The monoisotopic (exact) mass is 545 g/mol. The van der Waals surface area contributed by atoms with E-state index in [9.17, 15) is 9.18 Å². The molecule has 1 aliphatic carbocycles. The molecule has 0 unspecified atom stereocenters. The largest absolute Gasteiger partial charge is 0.489 e. The molecule has 0 heterocycles. The van der Waals surface area contributed by atoms with Gasteiger partial charge in [0.15, 0.2) is 11.6 Å². The van der Waals surface area contributed by atoms with Crippen LogP contribution in [-0.4, -0.2) is 31.0 Å². The molecular formula is C35H41F2NO2. The van der Waals surface area contributed by atoms with Gasteiger partial charge in [-0.1, -0.05) is 81.7 Å². The quantitative estimate of drug-likeness (QED) is 0.168. The molecule has 0 atom stereocenters. The first-order valence-corrected chi connectivity index (χ1v) is 14.6. The Morgan fingerprint density at radius 2 is 1.60 bits per heavy atom. The van der Waals surface area contributed by atoms with Crippen LogP contribution in [0.2, 0.25) is 0 Å². The lowest BCUT2D eigenvalue weighted by Gasteiger charge is -2.29. The summed E-state index contributed by atoms with van der Waals surface area (Å²) in [6, 6.07) is 18.1. The number of carbonyl (C=O) groups is 1. The molecule has 0 aliphatic heterocycles. The second kappa shape index (κ2) is 14.2. The van der Waals surface area contributed by atoms with E-state index in [1.54, 1.807) is 19.2 Å². The Morgan fingerprint density at radius 1 is 0.925 bits per heavy atom. The molecule has 1 fully saturated rings. The van der Waals surface area contributed by atoms with Crippen molar-refractivity contribution in [3.63, 3.8) is 0 Å². The van der Waals surface area contributed by atoms with Crippen molar-refractivity contribution in [3.8, 4) is 28.0 Å². The van der Waals surface area contributed by atoms with Crippen LogP contribution in [0.5, 0.6) is 5.75 Å². The zero-order valence-corrected chi connectivity index (χ0v) is 23.8. The molecular weight excluding hydrogens is 504 g/mol. The number of rotatable bonds is 12. The van der Waals surface area contributed by atoms with E-state index in [0.717, 1.165) is 17.0 Å². The molecule has 0 radical (unpaired) electrons. The van der Waals surface area contributed by atoms with Crippen LogP contribution in [0.1, 0.15) is 69.8 Å². The lowest BCUT2D eigenvalue weighted by Crippen LogP contribution is -2.29. The van der Waals surface area contributed by atoms with E-state index >= 15 is 4.39 Å². The van der Waals surface area contributed by atoms with Gasteiger partial charge in [0.25, 0.3) is 0 Å². The Hall–Kier alpha value is -3.47. The summed E-state index contributed by atoms with van der Waals surface area (Å²) in [7, 11) is 1.62. The van der Waals surface area contributed by atoms with E-state index < -0.39 is 11.6 Å². The molecule has 1 saturated carbocycles. The number of hydrogen-bond acceptors (Lipinski definition) is 2. The summed E-state index contributed by atoms with van der Waals surface area (Å²) in [6.45, 7) is 6.13. The summed E-state index contributed by atoms with van der Waals surface area (Å²) >= 11 is 0. The van der Waals surface area contributed by atoms with Gasteiger partial charge in [-0.3, -0.25) is 4.79 Å². The molecule has 0 aromatic heterocycles. The van der Waals surface area contributed by atoms with Gasteiger partial charge in [-0.15, -0.1) is 0 Å². The van der Waals surface area contributed by atoms with Gasteiger partial charge in [0.1, 0.15) is 12.4 Å². The van der Waals surface area contributed by atoms with Crippen molar-refractivity contribution < 1.29 is 18.3 Å². The van der Waals surface area contributed by atoms with Gasteiger partial charge in [0, 0.05) is 12.6 Å². The van der Waals surface area contributed by atoms with Crippen molar-refractivity contribution in [1.29, 1.82) is 0 Å². The Bertz CT molecular complexity index is 1280. The van der Waals surface area contributed by atoms with E-state index in [0.29, 0.717) is 23.6 Å². The Balaban J connectivity index is 1.36. The van der Waals surface area contributed by atoms with Crippen LogP contribution < -0.4 is 4.74 Å². The molecule has 40 heavy (non-hydrogen) atoms. The van der Waals surface area contributed by atoms with Crippen molar-refractivity contribution in [1.82, 2.24) is 4.90 Å². The fourth-order valence-corrected chi connectivity index (χ4v) is 5.69. The standard InChI is InChI=1S/C35H41F2NO2/c1-4-6-7-8-25-9-11-26(12-10-25)27-13-15-28(16-14-27)29-17-19-31(32(36)23-29)30-18-20-34(33(37)24-30)40-22-21-38(3)35(39)5-2/h5,13-20,23-26H,2,4,6-12,21-22H2,1,3H3. The Morgan fingerprint density at radius 3 is 2.25 bits per heavy atom. The number of ether oxygens (including phenoxy) is 1. The number of halogens is 2. The lowest BCUT2D eigenvalue weighted by molar-refractivity contribution is -0.125. The molecule has 3 aromatic rings. The van der Waals surface area contributed by atoms with E-state index in [1.165, 1.54) is 86.1 Å². The van der Waals surface area contributed by atoms with Gasteiger partial charge in [-0.2, -0.15) is 0 Å². The second-order valence-corrected chi connectivity index (χ2v) is 11.0. The van der Waals surface area contributed by atoms with Crippen molar-refractivity contribution in [2.75, 3.05) is 20.2 Å². The maximum atomic E-state index is 15.2. The minimum absolute atomic E-state index is 0.0605. The van der Waals surface area contributed by atoms with Gasteiger partial charge < -0.3 is 9.64 Å². The van der Waals surface area contributed by atoms with E-state index in [-0.39, 0.29) is 18.3 Å². The molecule has 1 amide bonds. The fourth-order valence-electron chi connectivity index (χ4n) is 5.69. The van der Waals surface area contributed by atoms with E-state index in [1.807, 2.05) is 6.07 Å². The first-order chi connectivity index (χ1) is 19.4. The van der Waals surface area contributed by atoms with Crippen molar-refractivity contribution in [2.24, 2.45) is 5.92 Å². The number of carbonyl (C=O) groups excluding carboxylic acids is 1. The van der Waals surface area contributed by atoms with Crippen LogP contribution in [-0.2, 0) is 4.79 Å². The van der Waals surface area contributed by atoms with Crippen LogP contribution >= 0.6 is 0 Å². The third-order valence-corrected chi connectivity index (χ3v) is 8.23. The highest BCUT2D eigenvalue weighted by atomic mass is 19.1. The number of amides is 1. The molecule has 0 N–H and O–H groups in total. The van der Waals surface area contributed by atoms with Crippen LogP contribution in [0, 0.1) is 17.6 Å². The SMILES string of the molecule is C=CC(=O)N(C)CCOc1ccc(-c2ccc(-c3ccc(C4CCC(CCCCC)CC4)cc3)cc2F)cc1F. The molecule has 3 nitrogen and oxygen atoms in total. The van der Waals surface area contributed by atoms with Crippen LogP contribution in [0.4, 0.5) is 8.78 Å². The van der Waals surface area contributed by atoms with Crippen molar-refractivity contribution in [3.05, 3.63) is 90.5 Å². The number of likely N-dealkylation sites (N-methyl/N-ethyl adjacent to an activating group) is 1. The normalized spacial score (nSPS) is 16.9. The first kappa shape index (κ1) is 29.5. The van der Waals surface area contributed by atoms with Crippen molar-refractivity contribution in [2.45, 2.75) is 64.2 Å². The highest BCUT2D eigenvalue weighted by Crippen LogP contribution is 2.38. The van der Waals surface area contributed by atoms with Gasteiger partial charge in [0.2, 0.25) is 5.91 Å². The van der Waals surface area contributed by atoms with E-state index in [4.69, 9.17) is 4.74 Å². The van der Waals surface area contributed by atoms with E-state index in [2.05, 4.69) is 37.8 Å². The highest BCUT2D eigenvalue weighted by Gasteiger charge is 2.22. The lowest BCUT2D eigenvalue weighted by atomic mass is 9.77. The summed E-state index contributed by atoms with van der Waals surface area (Å²) in [4.78, 5) is 13.0. The molecule has 5 heteroatoms. The fraction of sp³-hybridized carbons (Fsp3) is 0.400. The summed E-state index contributed by atoms with van der Waals surface area (Å²) in [5, 5.41) is 0. The van der Waals surface area contributed by atoms with Crippen LogP contribution in [0.25, 0.3) is 22.3 Å². The predicted molar refractivity (Wildman–Crippen MR) is 159 cm³/mol. The Kier molecular flexibility index (Phi) is 10.5. The van der Waals surface area contributed by atoms with Crippen molar-refractivity contribution >= 4 is 5.91 Å². The summed E-state index contributed by atoms with van der Waals surface area (Å²) in [5.74, 6) is 0.356. The number of unbranched alkanes of at least 4 members (excludes halogenated alkanes) is 2. The summed E-state index contributed by atoms with van der Waals surface area (Å²) in [5.41, 5.74) is 3.92. The maximum absolute atomic E-state index is 15.2. The first-order valence-electron chi connectivity index (χ1n) is 14.6.